The average molecular weight is 368 g/mol. The molecule has 0 bridgehead atoms. The third kappa shape index (κ3) is 4.60. The van der Waals surface area contributed by atoms with Crippen LogP contribution in [0.4, 0.5) is 0 Å². The Morgan fingerprint density at radius 2 is 1.81 bits per heavy atom. The van der Waals surface area contributed by atoms with Crippen molar-refractivity contribution in [1.82, 2.24) is 19.1 Å². The zero-order valence-electron chi connectivity index (χ0n) is 14.7. The Balaban J connectivity index is 1.65. The molecule has 0 saturated carbocycles. The van der Waals surface area contributed by atoms with Gasteiger partial charge in [0.15, 0.2) is 5.65 Å². The highest BCUT2D eigenvalue weighted by Crippen LogP contribution is 2.04. The van der Waals surface area contributed by atoms with E-state index >= 15 is 0 Å². The molecule has 3 aromatic rings. The van der Waals surface area contributed by atoms with Crippen molar-refractivity contribution in [3.63, 3.8) is 0 Å². The SMILES string of the molecule is O=C(O)CN(CCc1ccccc1)C(=O)CCn1nc2ccccn2c1=O. The summed E-state index contributed by atoms with van der Waals surface area (Å²) >= 11 is 0. The van der Waals surface area contributed by atoms with Gasteiger partial charge in [-0.2, -0.15) is 0 Å². The van der Waals surface area contributed by atoms with Crippen LogP contribution in [0.15, 0.2) is 59.5 Å². The van der Waals surface area contributed by atoms with Crippen LogP contribution in [0.1, 0.15) is 12.0 Å². The zero-order chi connectivity index (χ0) is 19.2. The van der Waals surface area contributed by atoms with E-state index in [1.54, 1.807) is 24.4 Å². The first-order valence-corrected chi connectivity index (χ1v) is 8.62. The Kier molecular flexibility index (Phi) is 5.65. The van der Waals surface area contributed by atoms with E-state index in [1.165, 1.54) is 14.0 Å². The first kappa shape index (κ1) is 18.4. The summed E-state index contributed by atoms with van der Waals surface area (Å²) in [6, 6.07) is 14.8. The molecule has 0 atom stereocenters. The van der Waals surface area contributed by atoms with Crippen molar-refractivity contribution in [1.29, 1.82) is 0 Å². The fourth-order valence-electron chi connectivity index (χ4n) is 2.84. The molecular weight excluding hydrogens is 348 g/mol. The molecule has 3 rings (SSSR count). The molecule has 0 saturated heterocycles. The molecule has 0 unspecified atom stereocenters. The van der Waals surface area contributed by atoms with E-state index in [9.17, 15) is 14.4 Å². The van der Waals surface area contributed by atoms with Crippen molar-refractivity contribution in [3.8, 4) is 0 Å². The zero-order valence-corrected chi connectivity index (χ0v) is 14.7. The summed E-state index contributed by atoms with van der Waals surface area (Å²) in [7, 11) is 0. The van der Waals surface area contributed by atoms with Crippen LogP contribution in [0.3, 0.4) is 0 Å². The van der Waals surface area contributed by atoms with Crippen molar-refractivity contribution < 1.29 is 14.7 Å². The predicted octanol–water partition coefficient (Wildman–Crippen LogP) is 1.04. The summed E-state index contributed by atoms with van der Waals surface area (Å²) in [5, 5.41) is 13.3. The lowest BCUT2D eigenvalue weighted by atomic mass is 10.1. The van der Waals surface area contributed by atoms with E-state index in [0.717, 1.165) is 5.56 Å². The molecular formula is C19H20N4O4. The Morgan fingerprint density at radius 3 is 2.52 bits per heavy atom. The minimum Gasteiger partial charge on any atom is -0.480 e. The number of hydrogen-bond donors (Lipinski definition) is 1. The topological polar surface area (TPSA) is 96.9 Å². The van der Waals surface area contributed by atoms with Crippen LogP contribution in [-0.2, 0) is 22.6 Å². The summed E-state index contributed by atoms with van der Waals surface area (Å²) in [5.41, 5.74) is 1.20. The number of benzene rings is 1. The molecule has 8 nitrogen and oxygen atoms in total. The van der Waals surface area contributed by atoms with Crippen LogP contribution < -0.4 is 5.69 Å². The van der Waals surface area contributed by atoms with Crippen LogP contribution in [0, 0.1) is 0 Å². The first-order chi connectivity index (χ1) is 13.0. The van der Waals surface area contributed by atoms with Gasteiger partial charge in [0.05, 0.1) is 6.54 Å². The number of rotatable bonds is 8. The summed E-state index contributed by atoms with van der Waals surface area (Å²) < 4.78 is 2.62. The number of carbonyl (C=O) groups excluding carboxylic acids is 1. The Bertz CT molecular complexity index is 994. The maximum atomic E-state index is 12.5. The maximum absolute atomic E-state index is 12.5. The van der Waals surface area contributed by atoms with Crippen molar-refractivity contribution in [2.75, 3.05) is 13.1 Å². The highest BCUT2D eigenvalue weighted by molar-refractivity contribution is 5.81. The molecule has 0 aliphatic carbocycles. The maximum Gasteiger partial charge on any atom is 0.350 e. The summed E-state index contributed by atoms with van der Waals surface area (Å²) in [5.74, 6) is -1.39. The van der Waals surface area contributed by atoms with Gasteiger partial charge in [-0.25, -0.2) is 9.48 Å². The Morgan fingerprint density at radius 1 is 1.07 bits per heavy atom. The van der Waals surface area contributed by atoms with Gasteiger partial charge < -0.3 is 10.0 Å². The molecule has 1 amide bonds. The van der Waals surface area contributed by atoms with Crippen LogP contribution in [0.2, 0.25) is 0 Å². The molecule has 140 valence electrons. The summed E-state index contributed by atoms with van der Waals surface area (Å²) in [4.78, 5) is 37.2. The quantitative estimate of drug-likeness (QED) is 0.641. The van der Waals surface area contributed by atoms with Gasteiger partial charge in [0, 0.05) is 19.2 Å². The number of fused-ring (bicyclic) bond motifs is 1. The number of hydrogen-bond acceptors (Lipinski definition) is 4. The number of nitrogens with zero attached hydrogens (tertiary/aromatic N) is 4. The van der Waals surface area contributed by atoms with Crippen molar-refractivity contribution in [2.45, 2.75) is 19.4 Å². The smallest absolute Gasteiger partial charge is 0.350 e. The molecule has 0 aliphatic heterocycles. The molecule has 0 fully saturated rings. The van der Waals surface area contributed by atoms with Crippen LogP contribution >= 0.6 is 0 Å². The van der Waals surface area contributed by atoms with Gasteiger partial charge in [0.2, 0.25) is 5.91 Å². The molecule has 2 heterocycles. The van der Waals surface area contributed by atoms with Crippen LogP contribution in [0.25, 0.3) is 5.65 Å². The fraction of sp³-hybridized carbons (Fsp3) is 0.263. The van der Waals surface area contributed by atoms with Crippen molar-refractivity contribution >= 4 is 17.5 Å². The standard InChI is InChI=1S/C19H20N4O4/c24-17(10-13-23-19(27)22-11-5-4-8-16(22)20-23)21(14-18(25)26)12-9-15-6-2-1-3-7-15/h1-8,11H,9-10,12-14H2,(H,25,26). The van der Waals surface area contributed by atoms with Crippen molar-refractivity contribution in [3.05, 3.63) is 70.8 Å². The lowest BCUT2D eigenvalue weighted by Gasteiger charge is -2.20. The average Bonchev–Trinajstić information content (AvgIpc) is 3.00. The third-order valence-corrected chi connectivity index (χ3v) is 4.22. The van der Waals surface area contributed by atoms with Gasteiger partial charge in [0.25, 0.3) is 0 Å². The lowest BCUT2D eigenvalue weighted by Crippen LogP contribution is -2.38. The Labute approximate surface area is 155 Å². The number of aliphatic carboxylic acids is 1. The molecule has 2 aromatic heterocycles. The largest absolute Gasteiger partial charge is 0.480 e. The van der Waals surface area contributed by atoms with Crippen LogP contribution in [-0.4, -0.2) is 49.2 Å². The van der Waals surface area contributed by atoms with Gasteiger partial charge >= 0.3 is 11.7 Å². The number of aryl methyl sites for hydroxylation is 1. The first-order valence-electron chi connectivity index (χ1n) is 8.62. The minimum absolute atomic E-state index is 0.00581. The molecule has 27 heavy (non-hydrogen) atoms. The highest BCUT2D eigenvalue weighted by Gasteiger charge is 2.17. The Hall–Kier alpha value is -3.42. The second kappa shape index (κ2) is 8.31. The van der Waals surface area contributed by atoms with Gasteiger partial charge in [0.1, 0.15) is 6.54 Å². The molecule has 1 aromatic carbocycles. The molecule has 1 N–H and O–H groups in total. The van der Waals surface area contributed by atoms with Crippen LogP contribution in [0.5, 0.6) is 0 Å². The number of carbonyl (C=O) groups is 2. The lowest BCUT2D eigenvalue weighted by molar-refractivity contribution is -0.144. The third-order valence-electron chi connectivity index (χ3n) is 4.22. The second-order valence-electron chi connectivity index (χ2n) is 6.13. The highest BCUT2D eigenvalue weighted by atomic mass is 16.4. The van der Waals surface area contributed by atoms with E-state index in [0.29, 0.717) is 18.6 Å². The molecule has 0 aliphatic rings. The van der Waals surface area contributed by atoms with E-state index in [2.05, 4.69) is 5.10 Å². The van der Waals surface area contributed by atoms with Gasteiger partial charge in [-0.05, 0) is 24.1 Å². The normalized spacial score (nSPS) is 10.8. The summed E-state index contributed by atoms with van der Waals surface area (Å²) in [6.07, 6.45) is 2.18. The summed E-state index contributed by atoms with van der Waals surface area (Å²) in [6.45, 7) is 0.0295. The van der Waals surface area contributed by atoms with Gasteiger partial charge in [-0.15, -0.1) is 5.10 Å². The van der Waals surface area contributed by atoms with E-state index in [1.807, 2.05) is 30.3 Å². The molecule has 0 radical (unpaired) electrons. The van der Waals surface area contributed by atoms with Crippen molar-refractivity contribution in [2.24, 2.45) is 0 Å². The number of aromatic nitrogens is 3. The molecule has 8 heteroatoms. The second-order valence-corrected chi connectivity index (χ2v) is 6.13. The number of pyridine rings is 1. The predicted molar refractivity (Wildman–Crippen MR) is 98.4 cm³/mol. The monoisotopic (exact) mass is 368 g/mol. The van der Waals surface area contributed by atoms with E-state index in [-0.39, 0.29) is 31.1 Å². The molecule has 0 spiro atoms. The number of carboxylic acids is 1. The number of carboxylic acid groups (broad SMARTS) is 1. The van der Waals surface area contributed by atoms with Gasteiger partial charge in [-0.1, -0.05) is 36.4 Å². The number of amides is 1. The van der Waals surface area contributed by atoms with Gasteiger partial charge in [-0.3, -0.25) is 14.0 Å². The van der Waals surface area contributed by atoms with E-state index < -0.39 is 5.97 Å². The van der Waals surface area contributed by atoms with E-state index in [4.69, 9.17) is 5.11 Å². The fourth-order valence-corrected chi connectivity index (χ4v) is 2.84. The minimum atomic E-state index is -1.07.